The van der Waals surface area contributed by atoms with Gasteiger partial charge in [0, 0.05) is 11.6 Å². The van der Waals surface area contributed by atoms with Gasteiger partial charge in [-0.2, -0.15) is 0 Å². The fraction of sp³-hybridized carbons (Fsp3) is 0.300. The van der Waals surface area contributed by atoms with Crippen LogP contribution < -0.4 is 5.32 Å². The van der Waals surface area contributed by atoms with E-state index in [0.29, 0.717) is 11.6 Å². The zero-order chi connectivity index (χ0) is 17.9. The van der Waals surface area contributed by atoms with Crippen LogP contribution in [0, 0.1) is 5.82 Å². The maximum atomic E-state index is 13.0. The number of aromatic nitrogens is 3. The number of benzene rings is 2. The summed E-state index contributed by atoms with van der Waals surface area (Å²) < 4.78 is 14.6. The Labute approximate surface area is 151 Å². The maximum absolute atomic E-state index is 13.0. The van der Waals surface area contributed by atoms with E-state index in [9.17, 15) is 9.50 Å². The highest BCUT2D eigenvalue weighted by atomic mass is 19.1. The standard InChI is InChI=1S/C20H21FN4O/c21-17-9-7-16(8-10-17)20(26)13-25-12-19(23-24-25)15-5-3-14(4-6-15)18-2-1-11-22-18/h3-10,12,18,20,22,26H,1-2,11,13H2/t18?,20-/m1/s1. The molecular weight excluding hydrogens is 331 g/mol. The topological polar surface area (TPSA) is 63.0 Å². The van der Waals surface area contributed by atoms with Crippen molar-refractivity contribution in [2.45, 2.75) is 31.5 Å². The Morgan fingerprint density at radius 2 is 1.92 bits per heavy atom. The molecule has 1 saturated heterocycles. The number of nitrogens with zero attached hydrogens (tertiary/aromatic N) is 3. The Bertz CT molecular complexity index is 854. The van der Waals surface area contributed by atoms with E-state index in [1.807, 2.05) is 6.20 Å². The van der Waals surface area contributed by atoms with Crippen molar-refractivity contribution in [3.8, 4) is 11.3 Å². The van der Waals surface area contributed by atoms with E-state index in [1.54, 1.807) is 16.8 Å². The average Bonchev–Trinajstić information content (AvgIpc) is 3.34. The van der Waals surface area contributed by atoms with Crippen LogP contribution >= 0.6 is 0 Å². The molecule has 5 nitrogen and oxygen atoms in total. The van der Waals surface area contributed by atoms with Gasteiger partial charge in [0.1, 0.15) is 11.5 Å². The van der Waals surface area contributed by atoms with Crippen molar-refractivity contribution >= 4 is 0 Å². The van der Waals surface area contributed by atoms with Crippen molar-refractivity contribution in [1.82, 2.24) is 20.3 Å². The van der Waals surface area contributed by atoms with Gasteiger partial charge in [-0.1, -0.05) is 41.6 Å². The Balaban J connectivity index is 1.44. The first kappa shape index (κ1) is 16.9. The number of rotatable bonds is 5. The summed E-state index contributed by atoms with van der Waals surface area (Å²) in [4.78, 5) is 0. The molecule has 0 radical (unpaired) electrons. The van der Waals surface area contributed by atoms with Gasteiger partial charge in [0.05, 0.1) is 18.8 Å². The minimum absolute atomic E-state index is 0.267. The van der Waals surface area contributed by atoms with Crippen molar-refractivity contribution in [2.75, 3.05) is 6.54 Å². The molecule has 2 atom stereocenters. The quantitative estimate of drug-likeness (QED) is 0.740. The number of hydrogen-bond acceptors (Lipinski definition) is 4. The van der Waals surface area contributed by atoms with Crippen LogP contribution in [-0.4, -0.2) is 26.6 Å². The summed E-state index contributed by atoms with van der Waals surface area (Å²) in [5.41, 5.74) is 3.71. The van der Waals surface area contributed by atoms with Crippen LogP contribution in [0.1, 0.15) is 36.1 Å². The zero-order valence-electron chi connectivity index (χ0n) is 14.3. The normalized spacial score (nSPS) is 18.2. The van der Waals surface area contributed by atoms with Crippen LogP contribution in [0.5, 0.6) is 0 Å². The Morgan fingerprint density at radius 1 is 1.15 bits per heavy atom. The fourth-order valence-electron chi connectivity index (χ4n) is 3.34. The molecule has 26 heavy (non-hydrogen) atoms. The molecule has 2 aromatic carbocycles. The fourth-order valence-corrected chi connectivity index (χ4v) is 3.34. The Morgan fingerprint density at radius 3 is 2.62 bits per heavy atom. The lowest BCUT2D eigenvalue weighted by molar-refractivity contribution is 0.150. The second-order valence-corrected chi connectivity index (χ2v) is 6.66. The van der Waals surface area contributed by atoms with Crippen LogP contribution in [0.3, 0.4) is 0 Å². The van der Waals surface area contributed by atoms with Gasteiger partial charge in [0.25, 0.3) is 0 Å². The van der Waals surface area contributed by atoms with E-state index in [-0.39, 0.29) is 12.4 Å². The summed E-state index contributed by atoms with van der Waals surface area (Å²) in [6.45, 7) is 1.35. The first-order valence-electron chi connectivity index (χ1n) is 8.86. The molecule has 2 N–H and O–H groups in total. The van der Waals surface area contributed by atoms with Crippen LogP contribution in [0.2, 0.25) is 0 Å². The summed E-state index contributed by atoms with van der Waals surface area (Å²) in [7, 11) is 0. The highest BCUT2D eigenvalue weighted by molar-refractivity contribution is 5.58. The van der Waals surface area contributed by atoms with E-state index in [2.05, 4.69) is 39.9 Å². The monoisotopic (exact) mass is 352 g/mol. The molecule has 0 saturated carbocycles. The third-order valence-electron chi connectivity index (χ3n) is 4.82. The maximum Gasteiger partial charge on any atom is 0.123 e. The minimum Gasteiger partial charge on any atom is -0.386 e. The molecule has 3 aromatic rings. The third kappa shape index (κ3) is 3.66. The number of nitrogens with one attached hydrogen (secondary N) is 1. The van der Waals surface area contributed by atoms with E-state index >= 15 is 0 Å². The minimum atomic E-state index is -0.763. The SMILES string of the molecule is O[C@H](Cn1cc(-c2ccc(C3CCCN3)cc2)nn1)c1ccc(F)cc1. The summed E-state index contributed by atoms with van der Waals surface area (Å²) in [5.74, 6) is -0.319. The second kappa shape index (κ2) is 7.35. The van der Waals surface area contributed by atoms with Gasteiger partial charge in [-0.05, 0) is 42.6 Å². The van der Waals surface area contributed by atoms with Crippen molar-refractivity contribution in [1.29, 1.82) is 0 Å². The van der Waals surface area contributed by atoms with Crippen LogP contribution in [0.25, 0.3) is 11.3 Å². The summed E-state index contributed by atoms with van der Waals surface area (Å²) in [6.07, 6.45) is 3.45. The number of aliphatic hydroxyl groups excluding tert-OH is 1. The molecule has 1 aliphatic rings. The van der Waals surface area contributed by atoms with Crippen molar-refractivity contribution in [2.24, 2.45) is 0 Å². The summed E-state index contributed by atoms with van der Waals surface area (Å²) >= 11 is 0. The van der Waals surface area contributed by atoms with Crippen LogP contribution in [0.4, 0.5) is 4.39 Å². The van der Waals surface area contributed by atoms with Gasteiger partial charge in [0.2, 0.25) is 0 Å². The lowest BCUT2D eigenvalue weighted by Crippen LogP contribution is -2.12. The zero-order valence-corrected chi connectivity index (χ0v) is 14.3. The predicted octanol–water partition coefficient (Wildman–Crippen LogP) is 3.24. The predicted molar refractivity (Wildman–Crippen MR) is 96.8 cm³/mol. The Hall–Kier alpha value is -2.57. The molecule has 2 heterocycles. The van der Waals surface area contributed by atoms with E-state index in [4.69, 9.17) is 0 Å². The third-order valence-corrected chi connectivity index (χ3v) is 4.82. The van der Waals surface area contributed by atoms with Gasteiger partial charge in [-0.15, -0.1) is 5.10 Å². The van der Waals surface area contributed by atoms with Gasteiger partial charge >= 0.3 is 0 Å². The Kier molecular flexibility index (Phi) is 4.77. The highest BCUT2D eigenvalue weighted by Crippen LogP contribution is 2.25. The first-order chi connectivity index (χ1) is 12.7. The molecule has 1 fully saturated rings. The van der Waals surface area contributed by atoms with Crippen molar-refractivity contribution in [3.63, 3.8) is 0 Å². The lowest BCUT2D eigenvalue weighted by atomic mass is 10.0. The first-order valence-corrected chi connectivity index (χ1v) is 8.86. The molecule has 0 spiro atoms. The smallest absolute Gasteiger partial charge is 0.123 e. The van der Waals surface area contributed by atoms with Gasteiger partial charge < -0.3 is 10.4 Å². The average molecular weight is 352 g/mol. The van der Waals surface area contributed by atoms with Gasteiger partial charge in [-0.25, -0.2) is 9.07 Å². The van der Waals surface area contributed by atoms with E-state index in [1.165, 1.54) is 30.5 Å². The largest absolute Gasteiger partial charge is 0.386 e. The summed E-state index contributed by atoms with van der Waals surface area (Å²) in [5, 5.41) is 22.1. The van der Waals surface area contributed by atoms with E-state index < -0.39 is 6.10 Å². The molecular formula is C20H21FN4O. The molecule has 4 rings (SSSR count). The molecule has 1 aromatic heterocycles. The number of hydrogen-bond donors (Lipinski definition) is 2. The van der Waals surface area contributed by atoms with Crippen molar-refractivity contribution in [3.05, 3.63) is 71.7 Å². The van der Waals surface area contributed by atoms with Crippen LogP contribution in [0.15, 0.2) is 54.7 Å². The lowest BCUT2D eigenvalue weighted by Gasteiger charge is -2.11. The molecule has 1 unspecified atom stereocenters. The highest BCUT2D eigenvalue weighted by Gasteiger charge is 2.16. The number of halogens is 1. The van der Waals surface area contributed by atoms with Crippen LogP contribution in [-0.2, 0) is 6.54 Å². The number of aliphatic hydroxyl groups is 1. The molecule has 0 amide bonds. The molecule has 1 aliphatic heterocycles. The van der Waals surface area contributed by atoms with Crippen molar-refractivity contribution < 1.29 is 9.50 Å². The van der Waals surface area contributed by atoms with Gasteiger partial charge in [-0.3, -0.25) is 0 Å². The molecule has 6 heteroatoms. The van der Waals surface area contributed by atoms with E-state index in [0.717, 1.165) is 17.8 Å². The van der Waals surface area contributed by atoms with Gasteiger partial charge in [0.15, 0.2) is 0 Å². The summed E-state index contributed by atoms with van der Waals surface area (Å²) in [6, 6.07) is 14.7. The second-order valence-electron chi connectivity index (χ2n) is 6.66. The molecule has 0 aliphatic carbocycles. The molecule has 0 bridgehead atoms. The molecule has 134 valence electrons.